The number of fused-ring (bicyclic) bond motifs is 5. The van der Waals surface area contributed by atoms with Crippen molar-refractivity contribution < 1.29 is 0 Å². The second-order valence-electron chi connectivity index (χ2n) is 12.5. The Balaban J connectivity index is 1.26. The largest absolute Gasteiger partial charge is 0.290 e. The maximum absolute atomic E-state index is 2.65. The molecule has 1 heteroatoms. The minimum Gasteiger partial charge on any atom is -0.290 e. The molecule has 1 heterocycles. The molecule has 4 unspecified atom stereocenters. The van der Waals surface area contributed by atoms with E-state index in [4.69, 9.17) is 0 Å². The monoisotopic (exact) mass is 555 g/mol. The quantitative estimate of drug-likeness (QED) is 0.199. The first-order chi connectivity index (χ1) is 21.1. The summed E-state index contributed by atoms with van der Waals surface area (Å²) >= 11 is 0. The Labute approximate surface area is 255 Å². The summed E-state index contributed by atoms with van der Waals surface area (Å²) in [5.41, 5.74) is 10.4. The van der Waals surface area contributed by atoms with Gasteiger partial charge in [0.15, 0.2) is 0 Å². The lowest BCUT2D eigenvalue weighted by Crippen LogP contribution is -2.36. The van der Waals surface area contributed by atoms with Gasteiger partial charge in [-0.2, -0.15) is 0 Å². The van der Waals surface area contributed by atoms with Crippen molar-refractivity contribution in [2.45, 2.75) is 32.9 Å². The predicted molar refractivity (Wildman–Crippen MR) is 184 cm³/mol. The lowest BCUT2D eigenvalue weighted by molar-refractivity contribution is 0.249. The molecule has 1 fully saturated rings. The number of nitrogens with zero attached hydrogens (tertiary/aromatic N) is 1. The van der Waals surface area contributed by atoms with Gasteiger partial charge in [0, 0.05) is 23.9 Å². The molecule has 210 valence electrons. The standard InChI is InChI=1S/C42H37N/c1-4-43-39-13-9-8-12-33(39)36-26-32(20-23-40(36)43)29-16-18-31(19-17-29)42-35-22-15-27(2)24-37(35)41(30-10-6-5-7-11-30)34-21-14-28(3)25-38(34)42/h5-26,33,36,39-40H,4H2,1-3H3. The van der Waals surface area contributed by atoms with Gasteiger partial charge in [-0.25, -0.2) is 0 Å². The van der Waals surface area contributed by atoms with Crippen LogP contribution in [-0.2, 0) is 0 Å². The maximum Gasteiger partial charge on any atom is 0.0357 e. The molecule has 2 aliphatic carbocycles. The summed E-state index contributed by atoms with van der Waals surface area (Å²) in [6.07, 6.45) is 16.6. The summed E-state index contributed by atoms with van der Waals surface area (Å²) in [4.78, 5) is 2.65. The van der Waals surface area contributed by atoms with Gasteiger partial charge in [-0.15, -0.1) is 0 Å². The lowest BCUT2D eigenvalue weighted by Gasteiger charge is -2.28. The topological polar surface area (TPSA) is 3.24 Å². The van der Waals surface area contributed by atoms with Gasteiger partial charge in [0.05, 0.1) is 0 Å². The first-order valence-electron chi connectivity index (χ1n) is 15.7. The van der Waals surface area contributed by atoms with Crippen molar-refractivity contribution in [1.29, 1.82) is 0 Å². The van der Waals surface area contributed by atoms with Crippen molar-refractivity contribution in [1.82, 2.24) is 4.90 Å². The van der Waals surface area contributed by atoms with E-state index in [1.165, 1.54) is 66.1 Å². The average Bonchev–Trinajstić information content (AvgIpc) is 3.37. The molecule has 1 aliphatic heterocycles. The molecule has 0 bridgehead atoms. The molecular weight excluding hydrogens is 518 g/mol. The molecule has 5 aromatic carbocycles. The van der Waals surface area contributed by atoms with Gasteiger partial charge in [-0.3, -0.25) is 4.90 Å². The summed E-state index contributed by atoms with van der Waals surface area (Å²) in [7, 11) is 0. The zero-order valence-electron chi connectivity index (χ0n) is 25.2. The number of benzene rings is 5. The van der Waals surface area contributed by atoms with Crippen LogP contribution in [0, 0.1) is 25.7 Å². The molecule has 3 aliphatic rings. The van der Waals surface area contributed by atoms with E-state index in [1.54, 1.807) is 0 Å². The minimum atomic E-state index is 0.475. The van der Waals surface area contributed by atoms with E-state index >= 15 is 0 Å². The molecule has 0 radical (unpaired) electrons. The van der Waals surface area contributed by atoms with Crippen LogP contribution in [0.3, 0.4) is 0 Å². The summed E-state index contributed by atoms with van der Waals surface area (Å²) in [5, 5.41) is 5.25. The Morgan fingerprint density at radius 2 is 1.14 bits per heavy atom. The molecule has 1 saturated heterocycles. The summed E-state index contributed by atoms with van der Waals surface area (Å²) in [5.74, 6) is 1.05. The first kappa shape index (κ1) is 26.2. The molecule has 0 saturated carbocycles. The third-order valence-electron chi connectivity index (χ3n) is 9.96. The number of likely N-dealkylation sites (N-methyl/N-ethyl adjacent to an activating group) is 1. The van der Waals surface area contributed by atoms with Gasteiger partial charge in [0.2, 0.25) is 0 Å². The third kappa shape index (κ3) is 4.26. The van der Waals surface area contributed by atoms with Crippen molar-refractivity contribution >= 4 is 27.1 Å². The van der Waals surface area contributed by atoms with Crippen LogP contribution < -0.4 is 0 Å². The van der Waals surface area contributed by atoms with Crippen molar-refractivity contribution in [2.24, 2.45) is 11.8 Å². The summed E-state index contributed by atoms with van der Waals surface area (Å²) < 4.78 is 0. The fourth-order valence-electron chi connectivity index (χ4n) is 7.99. The number of hydrogen-bond acceptors (Lipinski definition) is 1. The van der Waals surface area contributed by atoms with E-state index < -0.39 is 0 Å². The van der Waals surface area contributed by atoms with Crippen LogP contribution in [0.2, 0.25) is 0 Å². The summed E-state index contributed by atoms with van der Waals surface area (Å²) in [6.45, 7) is 7.77. The molecular formula is C42H37N. The average molecular weight is 556 g/mol. The zero-order valence-corrected chi connectivity index (χ0v) is 25.2. The fraction of sp³-hybridized carbons (Fsp3) is 0.190. The first-order valence-corrected chi connectivity index (χ1v) is 15.7. The van der Waals surface area contributed by atoms with E-state index in [-0.39, 0.29) is 0 Å². The van der Waals surface area contributed by atoms with Gasteiger partial charge in [-0.05, 0) is 75.3 Å². The highest BCUT2D eigenvalue weighted by molar-refractivity contribution is 6.21. The SMILES string of the molecule is CCN1C2C=CC=CC2C2C=C(c3ccc(-c4c5ccc(C)cc5c(-c5ccccc5)c5ccc(C)cc45)cc3)C=CC21. The van der Waals surface area contributed by atoms with Gasteiger partial charge < -0.3 is 0 Å². The highest BCUT2D eigenvalue weighted by atomic mass is 15.2. The van der Waals surface area contributed by atoms with Crippen LogP contribution in [0.4, 0.5) is 0 Å². The van der Waals surface area contributed by atoms with E-state index in [2.05, 4.69) is 159 Å². The van der Waals surface area contributed by atoms with Crippen LogP contribution >= 0.6 is 0 Å². The highest BCUT2D eigenvalue weighted by Gasteiger charge is 2.45. The maximum atomic E-state index is 2.65. The van der Waals surface area contributed by atoms with Crippen LogP contribution in [0.1, 0.15) is 23.6 Å². The minimum absolute atomic E-state index is 0.475. The summed E-state index contributed by atoms with van der Waals surface area (Å²) in [6, 6.07) is 35.1. The van der Waals surface area contributed by atoms with Gasteiger partial charge in [-0.1, -0.05) is 152 Å². The normalized spacial score (nSPS) is 22.6. The Kier molecular flexibility index (Phi) is 6.31. The van der Waals surface area contributed by atoms with Crippen molar-refractivity contribution in [3.8, 4) is 22.3 Å². The molecule has 8 rings (SSSR count). The van der Waals surface area contributed by atoms with E-state index in [0.717, 1.165) is 6.54 Å². The van der Waals surface area contributed by atoms with Crippen molar-refractivity contribution in [3.63, 3.8) is 0 Å². The zero-order chi connectivity index (χ0) is 29.1. The van der Waals surface area contributed by atoms with E-state index in [0.29, 0.717) is 23.9 Å². The molecule has 4 atom stereocenters. The third-order valence-corrected chi connectivity index (χ3v) is 9.96. The molecule has 5 aromatic rings. The smallest absolute Gasteiger partial charge is 0.0357 e. The number of likely N-dealkylation sites (tertiary alicyclic amines) is 1. The van der Waals surface area contributed by atoms with Gasteiger partial charge >= 0.3 is 0 Å². The Morgan fingerprint density at radius 3 is 1.79 bits per heavy atom. The molecule has 0 N–H and O–H groups in total. The number of aryl methyl sites for hydroxylation is 2. The second-order valence-corrected chi connectivity index (χ2v) is 12.5. The van der Waals surface area contributed by atoms with Crippen molar-refractivity contribution in [2.75, 3.05) is 6.54 Å². The number of rotatable bonds is 4. The van der Waals surface area contributed by atoms with Crippen molar-refractivity contribution in [3.05, 3.63) is 150 Å². The van der Waals surface area contributed by atoms with E-state index in [9.17, 15) is 0 Å². The van der Waals surface area contributed by atoms with E-state index in [1.807, 2.05) is 0 Å². The Bertz CT molecular complexity index is 1990. The molecule has 0 aromatic heterocycles. The number of hydrogen-bond donors (Lipinski definition) is 0. The van der Waals surface area contributed by atoms with Crippen LogP contribution in [0.25, 0.3) is 49.4 Å². The molecule has 43 heavy (non-hydrogen) atoms. The van der Waals surface area contributed by atoms with Crippen LogP contribution in [-0.4, -0.2) is 23.5 Å². The Morgan fingerprint density at radius 1 is 0.558 bits per heavy atom. The number of allylic oxidation sites excluding steroid dienone is 4. The second kappa shape index (κ2) is 10.4. The van der Waals surface area contributed by atoms with Crippen LogP contribution in [0.5, 0.6) is 0 Å². The molecule has 0 spiro atoms. The van der Waals surface area contributed by atoms with Gasteiger partial charge in [0.1, 0.15) is 0 Å². The lowest BCUT2D eigenvalue weighted by atomic mass is 9.80. The van der Waals surface area contributed by atoms with Gasteiger partial charge in [0.25, 0.3) is 0 Å². The fourth-order valence-corrected chi connectivity index (χ4v) is 7.99. The predicted octanol–water partition coefficient (Wildman–Crippen LogP) is 10.3. The Hall–Kier alpha value is -4.46. The van der Waals surface area contributed by atoms with Crippen LogP contribution in [0.15, 0.2) is 134 Å². The highest BCUT2D eigenvalue weighted by Crippen LogP contribution is 2.46. The molecule has 0 amide bonds. The molecule has 1 nitrogen and oxygen atoms in total.